The molecule has 1 aromatic carbocycles. The van der Waals surface area contributed by atoms with Gasteiger partial charge >= 0.3 is 6.18 Å². The number of rotatable bonds is 8. The zero-order chi connectivity index (χ0) is 15.0. The summed E-state index contributed by atoms with van der Waals surface area (Å²) in [6.45, 7) is 0.182. The molecule has 0 aromatic heterocycles. The van der Waals surface area contributed by atoms with Crippen LogP contribution in [-0.4, -0.2) is 40.2 Å². The molecule has 1 aromatic rings. The van der Waals surface area contributed by atoms with E-state index in [0.717, 1.165) is 0 Å². The SMILES string of the molecule is COCCNCc1ccc(OC)cc1OCC(F)(F)F. The van der Waals surface area contributed by atoms with Crippen LogP contribution >= 0.6 is 0 Å². The molecule has 0 spiro atoms. The average Bonchev–Trinajstić information content (AvgIpc) is 2.41. The Kier molecular flexibility index (Phi) is 6.60. The lowest BCUT2D eigenvalue weighted by molar-refractivity contribution is -0.153. The fourth-order valence-electron chi connectivity index (χ4n) is 1.50. The summed E-state index contributed by atoms with van der Waals surface area (Å²) in [4.78, 5) is 0. The predicted octanol–water partition coefficient (Wildman–Crippen LogP) is 2.37. The molecule has 7 heteroatoms. The monoisotopic (exact) mass is 293 g/mol. The van der Waals surface area contributed by atoms with Gasteiger partial charge in [-0.15, -0.1) is 0 Å². The largest absolute Gasteiger partial charge is 0.497 e. The average molecular weight is 293 g/mol. The third-order valence-electron chi connectivity index (χ3n) is 2.46. The van der Waals surface area contributed by atoms with Crippen molar-refractivity contribution in [2.75, 3.05) is 34.0 Å². The quantitative estimate of drug-likeness (QED) is 0.747. The van der Waals surface area contributed by atoms with Gasteiger partial charge in [0.2, 0.25) is 0 Å². The predicted molar refractivity (Wildman–Crippen MR) is 68.1 cm³/mol. The van der Waals surface area contributed by atoms with Crippen molar-refractivity contribution in [1.29, 1.82) is 0 Å². The number of ether oxygens (including phenoxy) is 3. The highest BCUT2D eigenvalue weighted by Crippen LogP contribution is 2.26. The van der Waals surface area contributed by atoms with Crippen molar-refractivity contribution in [1.82, 2.24) is 5.32 Å². The van der Waals surface area contributed by atoms with E-state index >= 15 is 0 Å². The van der Waals surface area contributed by atoms with Gasteiger partial charge < -0.3 is 19.5 Å². The molecule has 0 aliphatic carbocycles. The van der Waals surface area contributed by atoms with Gasteiger partial charge in [-0.05, 0) is 6.07 Å². The Balaban J connectivity index is 2.70. The molecule has 0 aliphatic heterocycles. The number of nitrogens with one attached hydrogen (secondary N) is 1. The topological polar surface area (TPSA) is 39.7 Å². The van der Waals surface area contributed by atoms with E-state index in [2.05, 4.69) is 5.32 Å². The molecular formula is C13H18F3NO3. The van der Waals surface area contributed by atoms with Crippen molar-refractivity contribution in [3.05, 3.63) is 23.8 Å². The van der Waals surface area contributed by atoms with Crippen LogP contribution < -0.4 is 14.8 Å². The first-order valence-corrected chi connectivity index (χ1v) is 6.02. The summed E-state index contributed by atoms with van der Waals surface area (Å²) in [5.41, 5.74) is 0.631. The number of methoxy groups -OCH3 is 2. The van der Waals surface area contributed by atoms with E-state index in [9.17, 15) is 13.2 Å². The Morgan fingerprint density at radius 3 is 2.55 bits per heavy atom. The Hall–Kier alpha value is -1.47. The standard InChI is InChI=1S/C13H18F3NO3/c1-18-6-5-17-8-10-3-4-11(19-2)7-12(10)20-9-13(14,15)16/h3-4,7,17H,5-6,8-9H2,1-2H3. The Morgan fingerprint density at radius 2 is 1.95 bits per heavy atom. The van der Waals surface area contributed by atoms with E-state index in [0.29, 0.717) is 31.0 Å². The van der Waals surface area contributed by atoms with Gasteiger partial charge in [-0.2, -0.15) is 13.2 Å². The van der Waals surface area contributed by atoms with E-state index < -0.39 is 12.8 Å². The van der Waals surface area contributed by atoms with Crippen LogP contribution in [0.15, 0.2) is 18.2 Å². The third kappa shape index (κ3) is 6.12. The van der Waals surface area contributed by atoms with Gasteiger partial charge in [0.25, 0.3) is 0 Å². The normalized spacial score (nSPS) is 11.4. The molecule has 1 N–H and O–H groups in total. The first-order chi connectivity index (χ1) is 9.46. The van der Waals surface area contributed by atoms with Crippen molar-refractivity contribution in [2.45, 2.75) is 12.7 Å². The number of halogens is 3. The van der Waals surface area contributed by atoms with E-state index in [4.69, 9.17) is 14.2 Å². The minimum atomic E-state index is -4.37. The summed E-state index contributed by atoms with van der Waals surface area (Å²) in [5.74, 6) is 0.606. The van der Waals surface area contributed by atoms with Crippen molar-refractivity contribution >= 4 is 0 Å². The van der Waals surface area contributed by atoms with Crippen LogP contribution in [0.3, 0.4) is 0 Å². The molecule has 20 heavy (non-hydrogen) atoms. The lowest BCUT2D eigenvalue weighted by Crippen LogP contribution is -2.22. The lowest BCUT2D eigenvalue weighted by atomic mass is 10.2. The highest BCUT2D eigenvalue weighted by atomic mass is 19.4. The smallest absolute Gasteiger partial charge is 0.422 e. The maximum absolute atomic E-state index is 12.2. The van der Waals surface area contributed by atoms with Gasteiger partial charge in [0.1, 0.15) is 11.5 Å². The van der Waals surface area contributed by atoms with Gasteiger partial charge in [0, 0.05) is 31.8 Å². The van der Waals surface area contributed by atoms with E-state index in [1.54, 1.807) is 19.2 Å². The summed E-state index contributed by atoms with van der Waals surface area (Å²) >= 11 is 0. The first kappa shape index (κ1) is 16.6. The minimum absolute atomic E-state index is 0.159. The highest BCUT2D eigenvalue weighted by molar-refractivity contribution is 5.40. The number of alkyl halides is 3. The molecular weight excluding hydrogens is 275 g/mol. The van der Waals surface area contributed by atoms with Gasteiger partial charge in [-0.25, -0.2) is 0 Å². The van der Waals surface area contributed by atoms with Crippen LogP contribution in [-0.2, 0) is 11.3 Å². The maximum atomic E-state index is 12.2. The molecule has 0 unspecified atom stereocenters. The van der Waals surface area contributed by atoms with E-state index in [1.165, 1.54) is 13.2 Å². The van der Waals surface area contributed by atoms with Crippen molar-refractivity contribution in [3.63, 3.8) is 0 Å². The van der Waals surface area contributed by atoms with E-state index in [1.807, 2.05) is 0 Å². The second-order valence-electron chi connectivity index (χ2n) is 4.05. The summed E-state index contributed by atoms with van der Waals surface area (Å²) in [6, 6.07) is 4.79. The fraction of sp³-hybridized carbons (Fsp3) is 0.538. The fourth-order valence-corrected chi connectivity index (χ4v) is 1.50. The molecule has 0 heterocycles. The summed E-state index contributed by atoms with van der Waals surface area (Å²) in [5, 5.41) is 3.05. The van der Waals surface area contributed by atoms with Crippen LogP contribution in [0.5, 0.6) is 11.5 Å². The molecule has 0 atom stereocenters. The van der Waals surface area contributed by atoms with Crippen LogP contribution in [0.2, 0.25) is 0 Å². The molecule has 0 radical (unpaired) electrons. The van der Waals surface area contributed by atoms with Gasteiger partial charge in [0.05, 0.1) is 13.7 Å². The molecule has 0 aliphatic rings. The van der Waals surface area contributed by atoms with Gasteiger partial charge in [-0.3, -0.25) is 0 Å². The zero-order valence-electron chi connectivity index (χ0n) is 11.4. The van der Waals surface area contributed by atoms with Crippen LogP contribution in [0, 0.1) is 0 Å². The molecule has 0 amide bonds. The molecule has 0 saturated carbocycles. The first-order valence-electron chi connectivity index (χ1n) is 6.02. The van der Waals surface area contributed by atoms with E-state index in [-0.39, 0.29) is 5.75 Å². The molecule has 0 bridgehead atoms. The summed E-state index contributed by atoms with van der Waals surface area (Å²) < 4.78 is 51.3. The highest BCUT2D eigenvalue weighted by Gasteiger charge is 2.28. The summed E-state index contributed by atoms with van der Waals surface area (Å²) in [7, 11) is 3.02. The van der Waals surface area contributed by atoms with Gasteiger partial charge in [-0.1, -0.05) is 6.07 Å². The number of benzene rings is 1. The Morgan fingerprint density at radius 1 is 1.20 bits per heavy atom. The molecule has 0 saturated heterocycles. The van der Waals surface area contributed by atoms with Crippen molar-refractivity contribution < 1.29 is 27.4 Å². The van der Waals surface area contributed by atoms with Crippen LogP contribution in [0.25, 0.3) is 0 Å². The maximum Gasteiger partial charge on any atom is 0.422 e. The second-order valence-corrected chi connectivity index (χ2v) is 4.05. The minimum Gasteiger partial charge on any atom is -0.497 e. The van der Waals surface area contributed by atoms with Crippen molar-refractivity contribution in [2.24, 2.45) is 0 Å². The summed E-state index contributed by atoms with van der Waals surface area (Å²) in [6.07, 6.45) is -4.37. The van der Waals surface area contributed by atoms with Gasteiger partial charge in [0.15, 0.2) is 6.61 Å². The van der Waals surface area contributed by atoms with Crippen LogP contribution in [0.1, 0.15) is 5.56 Å². The third-order valence-corrected chi connectivity index (χ3v) is 2.46. The Labute approximate surface area is 115 Å². The Bertz CT molecular complexity index is 410. The molecule has 4 nitrogen and oxygen atoms in total. The molecule has 114 valence electrons. The number of hydrogen-bond donors (Lipinski definition) is 1. The lowest BCUT2D eigenvalue weighted by Gasteiger charge is -2.14. The number of hydrogen-bond acceptors (Lipinski definition) is 4. The molecule has 0 fully saturated rings. The molecule has 1 rings (SSSR count). The van der Waals surface area contributed by atoms with Crippen LogP contribution in [0.4, 0.5) is 13.2 Å². The second kappa shape index (κ2) is 7.96. The zero-order valence-corrected chi connectivity index (χ0v) is 11.4. The van der Waals surface area contributed by atoms with Crippen molar-refractivity contribution in [3.8, 4) is 11.5 Å².